The minimum absolute atomic E-state index is 0.0245. The van der Waals surface area contributed by atoms with E-state index in [0.29, 0.717) is 16.4 Å². The van der Waals surface area contributed by atoms with Crippen LogP contribution in [0.3, 0.4) is 0 Å². The van der Waals surface area contributed by atoms with Crippen LogP contribution in [0.2, 0.25) is 0 Å². The molecule has 1 N–H and O–H groups in total. The lowest BCUT2D eigenvalue weighted by atomic mass is 9.89. The van der Waals surface area contributed by atoms with E-state index in [0.717, 1.165) is 18.7 Å². The van der Waals surface area contributed by atoms with Crippen LogP contribution in [-0.2, 0) is 11.3 Å². The second-order valence-electron chi connectivity index (χ2n) is 7.07. The van der Waals surface area contributed by atoms with E-state index >= 15 is 0 Å². The minimum atomic E-state index is -0.397. The molecule has 1 saturated carbocycles. The van der Waals surface area contributed by atoms with E-state index in [1.807, 2.05) is 33.9 Å². The lowest BCUT2D eigenvalue weighted by Crippen LogP contribution is -2.20. The largest absolute Gasteiger partial charge is 0.324 e. The number of carbonyl (C=O) groups excluding carboxylic acids is 1. The second-order valence-corrected chi connectivity index (χ2v) is 7.43. The zero-order valence-corrected chi connectivity index (χ0v) is 16.2. The number of nitrogens with zero attached hydrogens (tertiary/aromatic N) is 4. The molecule has 1 aromatic carbocycles. The van der Waals surface area contributed by atoms with Gasteiger partial charge in [-0.2, -0.15) is 5.10 Å². The summed E-state index contributed by atoms with van der Waals surface area (Å²) in [6.45, 7) is -0.0245. The van der Waals surface area contributed by atoms with Gasteiger partial charge in [-0.15, -0.1) is 0 Å². The summed E-state index contributed by atoms with van der Waals surface area (Å²) >= 11 is 5.64. The maximum Gasteiger partial charge on any atom is 0.246 e. The Balaban J connectivity index is 1.62. The van der Waals surface area contributed by atoms with Crippen molar-refractivity contribution in [1.29, 1.82) is 0 Å². The molecule has 28 heavy (non-hydrogen) atoms. The molecule has 0 atom stereocenters. The first kappa shape index (κ1) is 18.6. The van der Waals surface area contributed by atoms with Crippen molar-refractivity contribution in [1.82, 2.24) is 19.1 Å². The highest BCUT2D eigenvalue weighted by Gasteiger charge is 2.24. The van der Waals surface area contributed by atoms with Crippen LogP contribution < -0.4 is 5.32 Å². The van der Waals surface area contributed by atoms with Crippen molar-refractivity contribution < 1.29 is 9.18 Å². The van der Waals surface area contributed by atoms with Gasteiger partial charge in [0, 0.05) is 24.0 Å². The van der Waals surface area contributed by atoms with Gasteiger partial charge in [-0.1, -0.05) is 25.3 Å². The number of nitrogens with one attached hydrogen (secondary N) is 1. The number of amides is 1. The number of anilines is 1. The zero-order valence-electron chi connectivity index (χ0n) is 15.4. The summed E-state index contributed by atoms with van der Waals surface area (Å²) < 4.78 is 19.2. The van der Waals surface area contributed by atoms with Crippen LogP contribution in [0.15, 0.2) is 48.8 Å². The predicted molar refractivity (Wildman–Crippen MR) is 107 cm³/mol. The van der Waals surface area contributed by atoms with Gasteiger partial charge >= 0.3 is 0 Å². The van der Waals surface area contributed by atoms with Gasteiger partial charge in [-0.25, -0.2) is 13.7 Å². The first-order chi connectivity index (χ1) is 13.6. The molecule has 0 aliphatic heterocycles. The number of hydrogen-bond acceptors (Lipinski definition) is 3. The number of aromatic nitrogens is 4. The van der Waals surface area contributed by atoms with Crippen molar-refractivity contribution in [2.24, 2.45) is 0 Å². The Bertz CT molecular complexity index is 1020. The molecular formula is C20H22FN5OS. The van der Waals surface area contributed by atoms with Gasteiger partial charge < -0.3 is 5.32 Å². The summed E-state index contributed by atoms with van der Waals surface area (Å²) in [4.78, 5) is 12.5. The van der Waals surface area contributed by atoms with E-state index < -0.39 is 5.82 Å². The number of halogens is 1. The molecule has 3 aromatic rings. The Kier molecular flexibility index (Phi) is 5.38. The van der Waals surface area contributed by atoms with Gasteiger partial charge in [0.15, 0.2) is 5.82 Å². The molecule has 8 heteroatoms. The molecule has 0 saturated heterocycles. The summed E-state index contributed by atoms with van der Waals surface area (Å²) in [6.07, 6.45) is 9.58. The average Bonchev–Trinajstić information content (AvgIpc) is 3.31. The van der Waals surface area contributed by atoms with Crippen LogP contribution in [0.1, 0.15) is 43.8 Å². The number of hydrogen-bond donors (Lipinski definition) is 1. The van der Waals surface area contributed by atoms with E-state index in [2.05, 4.69) is 5.32 Å². The fourth-order valence-electron chi connectivity index (χ4n) is 3.71. The molecule has 0 bridgehead atoms. The van der Waals surface area contributed by atoms with E-state index in [1.165, 1.54) is 31.4 Å². The normalized spacial score (nSPS) is 14.9. The van der Waals surface area contributed by atoms with Gasteiger partial charge in [0.1, 0.15) is 12.4 Å². The number of rotatable bonds is 5. The summed E-state index contributed by atoms with van der Waals surface area (Å²) in [7, 11) is 0. The highest BCUT2D eigenvalue weighted by Crippen LogP contribution is 2.32. The number of carbonyl (C=O) groups is 1. The zero-order chi connectivity index (χ0) is 19.5. The summed E-state index contributed by atoms with van der Waals surface area (Å²) in [5.74, 6) is 0.518. The third kappa shape index (κ3) is 3.91. The Morgan fingerprint density at radius 3 is 2.64 bits per heavy atom. The van der Waals surface area contributed by atoms with Crippen molar-refractivity contribution in [2.75, 3.05) is 5.32 Å². The van der Waals surface area contributed by atoms with Crippen LogP contribution in [-0.4, -0.2) is 25.0 Å². The Morgan fingerprint density at radius 1 is 1.18 bits per heavy atom. The van der Waals surface area contributed by atoms with Crippen LogP contribution in [0.25, 0.3) is 0 Å². The molecular weight excluding hydrogens is 377 g/mol. The number of benzene rings is 1. The highest BCUT2D eigenvalue weighted by atomic mass is 32.1. The fourth-order valence-corrected chi connectivity index (χ4v) is 4.01. The molecule has 1 amide bonds. The predicted octanol–water partition coefficient (Wildman–Crippen LogP) is 4.35. The lowest BCUT2D eigenvalue weighted by Gasteiger charge is -2.21. The van der Waals surface area contributed by atoms with Gasteiger partial charge in [0.2, 0.25) is 10.7 Å². The van der Waals surface area contributed by atoms with Crippen molar-refractivity contribution in [2.45, 2.75) is 44.6 Å². The summed E-state index contributed by atoms with van der Waals surface area (Å²) in [6, 6.07) is 9.68. The average molecular weight is 399 g/mol. The SMILES string of the molecule is O=C(Cn1nc(C2CCCCC2)n(-n2cccc2)c1=S)Nc1cccc(F)c1. The van der Waals surface area contributed by atoms with Crippen LogP contribution >= 0.6 is 12.2 Å². The molecule has 1 aliphatic rings. The first-order valence-electron chi connectivity index (χ1n) is 9.50. The maximum atomic E-state index is 13.3. The summed E-state index contributed by atoms with van der Waals surface area (Å²) in [5, 5.41) is 7.41. The molecule has 2 aromatic heterocycles. The monoisotopic (exact) mass is 399 g/mol. The van der Waals surface area contributed by atoms with E-state index in [-0.39, 0.29) is 12.5 Å². The standard InChI is InChI=1S/C20H22FN5OS/c21-16-9-6-10-17(13-16)22-18(27)14-25-20(28)26(24-11-4-5-12-24)19(23-25)15-7-2-1-3-8-15/h4-6,9-13,15H,1-3,7-8,14H2,(H,22,27). The van der Waals surface area contributed by atoms with Gasteiger partial charge in [-0.3, -0.25) is 9.47 Å². The summed E-state index contributed by atoms with van der Waals surface area (Å²) in [5.41, 5.74) is 0.411. The van der Waals surface area contributed by atoms with Gasteiger partial charge in [-0.05, 0) is 55.4 Å². The van der Waals surface area contributed by atoms with Crippen molar-refractivity contribution in [3.8, 4) is 0 Å². The topological polar surface area (TPSA) is 56.8 Å². The van der Waals surface area contributed by atoms with Crippen LogP contribution in [0, 0.1) is 10.6 Å². The van der Waals surface area contributed by atoms with Crippen molar-refractivity contribution in [3.05, 3.63) is 65.2 Å². The maximum absolute atomic E-state index is 13.3. The molecule has 6 nitrogen and oxygen atoms in total. The second kappa shape index (κ2) is 8.10. The molecule has 1 aliphatic carbocycles. The fraction of sp³-hybridized carbons (Fsp3) is 0.350. The smallest absolute Gasteiger partial charge is 0.246 e. The molecule has 2 heterocycles. The van der Waals surface area contributed by atoms with E-state index in [9.17, 15) is 9.18 Å². The van der Waals surface area contributed by atoms with E-state index in [1.54, 1.807) is 16.8 Å². The van der Waals surface area contributed by atoms with Gasteiger partial charge in [0.25, 0.3) is 0 Å². The Labute approximate surface area is 167 Å². The first-order valence-corrected chi connectivity index (χ1v) is 9.91. The minimum Gasteiger partial charge on any atom is -0.324 e. The highest BCUT2D eigenvalue weighted by molar-refractivity contribution is 7.71. The molecule has 1 fully saturated rings. The van der Waals surface area contributed by atoms with Crippen LogP contribution in [0.4, 0.5) is 10.1 Å². The van der Waals surface area contributed by atoms with Crippen molar-refractivity contribution in [3.63, 3.8) is 0 Å². The van der Waals surface area contributed by atoms with Crippen LogP contribution in [0.5, 0.6) is 0 Å². The third-order valence-electron chi connectivity index (χ3n) is 5.03. The molecule has 0 spiro atoms. The quantitative estimate of drug-likeness (QED) is 0.649. The molecule has 4 rings (SSSR count). The molecule has 146 valence electrons. The third-order valence-corrected chi connectivity index (χ3v) is 5.42. The molecule has 0 unspecified atom stereocenters. The van der Waals surface area contributed by atoms with E-state index in [4.69, 9.17) is 17.3 Å². The Hall–Kier alpha value is -2.74. The van der Waals surface area contributed by atoms with Gasteiger partial charge in [0.05, 0.1) is 0 Å². The van der Waals surface area contributed by atoms with Crippen molar-refractivity contribution >= 4 is 23.8 Å². The lowest BCUT2D eigenvalue weighted by molar-refractivity contribution is -0.116. The molecule has 0 radical (unpaired) electrons. The Morgan fingerprint density at radius 2 is 1.93 bits per heavy atom.